The molecule has 2 aromatic rings. The molecule has 0 radical (unpaired) electrons. The van der Waals surface area contributed by atoms with E-state index in [1.54, 1.807) is 19.1 Å². The lowest BCUT2D eigenvalue weighted by molar-refractivity contribution is 0.199. The third-order valence-corrected chi connectivity index (χ3v) is 3.71. The van der Waals surface area contributed by atoms with Crippen LogP contribution in [0, 0.1) is 5.82 Å². The van der Waals surface area contributed by atoms with Gasteiger partial charge in [0.05, 0.1) is 6.10 Å². The Kier molecular flexibility index (Phi) is 4.78. The zero-order valence-corrected chi connectivity index (χ0v) is 13.1. The van der Waals surface area contributed by atoms with Gasteiger partial charge in [-0.2, -0.15) is 0 Å². The van der Waals surface area contributed by atoms with Crippen LogP contribution in [0.3, 0.4) is 0 Å². The maximum atomic E-state index is 13.7. The van der Waals surface area contributed by atoms with Crippen molar-refractivity contribution in [1.82, 2.24) is 0 Å². The third kappa shape index (κ3) is 3.38. The first-order valence-electron chi connectivity index (χ1n) is 6.41. The summed E-state index contributed by atoms with van der Waals surface area (Å²) in [4.78, 5) is 1.94. The van der Waals surface area contributed by atoms with Crippen molar-refractivity contribution in [3.8, 4) is 0 Å². The summed E-state index contributed by atoms with van der Waals surface area (Å²) in [6.07, 6.45) is -0.568. The van der Waals surface area contributed by atoms with Crippen molar-refractivity contribution in [2.45, 2.75) is 19.6 Å². The van der Waals surface area contributed by atoms with Crippen molar-refractivity contribution in [2.75, 3.05) is 11.9 Å². The van der Waals surface area contributed by atoms with E-state index >= 15 is 0 Å². The Morgan fingerprint density at radius 2 is 1.95 bits per heavy atom. The Morgan fingerprint density at radius 1 is 1.25 bits per heavy atom. The highest BCUT2D eigenvalue weighted by Crippen LogP contribution is 2.30. The second-order valence-electron chi connectivity index (χ2n) is 4.83. The number of benzene rings is 2. The summed E-state index contributed by atoms with van der Waals surface area (Å²) in [5.41, 5.74) is 2.34. The fourth-order valence-corrected chi connectivity index (χ4v) is 2.52. The first kappa shape index (κ1) is 15.0. The van der Waals surface area contributed by atoms with Gasteiger partial charge in [-0.15, -0.1) is 0 Å². The fraction of sp³-hybridized carbons (Fsp3) is 0.250. The molecule has 0 saturated heterocycles. The summed E-state index contributed by atoms with van der Waals surface area (Å²) in [5.74, 6) is -0.215. The summed E-state index contributed by atoms with van der Waals surface area (Å²) in [5, 5.41) is 9.85. The molecule has 2 aromatic carbocycles. The second-order valence-corrected chi connectivity index (χ2v) is 5.74. The van der Waals surface area contributed by atoms with E-state index in [4.69, 9.17) is 0 Å². The highest BCUT2D eigenvalue weighted by Gasteiger charge is 2.13. The highest BCUT2D eigenvalue weighted by atomic mass is 79.9. The molecule has 0 aliphatic heterocycles. The van der Waals surface area contributed by atoms with Gasteiger partial charge in [0, 0.05) is 34.9 Å². The molecule has 4 heteroatoms. The lowest BCUT2D eigenvalue weighted by Gasteiger charge is -2.24. The molecular formula is C16H17BrFNO. The number of hydrogen-bond donors (Lipinski definition) is 1. The quantitative estimate of drug-likeness (QED) is 0.900. The van der Waals surface area contributed by atoms with Crippen molar-refractivity contribution in [2.24, 2.45) is 0 Å². The minimum Gasteiger partial charge on any atom is -0.389 e. The van der Waals surface area contributed by atoms with E-state index in [9.17, 15) is 9.50 Å². The molecule has 2 rings (SSSR count). The summed E-state index contributed by atoms with van der Waals surface area (Å²) < 4.78 is 14.6. The van der Waals surface area contributed by atoms with Crippen LogP contribution in [0.5, 0.6) is 0 Å². The van der Waals surface area contributed by atoms with Gasteiger partial charge in [-0.1, -0.05) is 40.2 Å². The van der Waals surface area contributed by atoms with Gasteiger partial charge in [-0.3, -0.25) is 0 Å². The van der Waals surface area contributed by atoms with Crippen molar-refractivity contribution >= 4 is 21.6 Å². The predicted molar refractivity (Wildman–Crippen MR) is 83.3 cm³/mol. The molecule has 1 N–H and O–H groups in total. The molecule has 0 bridgehead atoms. The van der Waals surface area contributed by atoms with Crippen molar-refractivity contribution in [1.29, 1.82) is 0 Å². The van der Waals surface area contributed by atoms with Crippen LogP contribution in [0.1, 0.15) is 24.2 Å². The van der Waals surface area contributed by atoms with Gasteiger partial charge < -0.3 is 10.0 Å². The first-order valence-corrected chi connectivity index (χ1v) is 7.20. The van der Waals surface area contributed by atoms with Crippen LogP contribution in [-0.2, 0) is 6.54 Å². The molecule has 1 unspecified atom stereocenters. The van der Waals surface area contributed by atoms with Crippen molar-refractivity contribution in [3.63, 3.8) is 0 Å². The Balaban J connectivity index is 2.31. The van der Waals surface area contributed by atoms with Gasteiger partial charge in [-0.05, 0) is 25.1 Å². The number of hydrogen-bond acceptors (Lipinski definition) is 2. The Morgan fingerprint density at radius 3 is 2.60 bits per heavy atom. The maximum absolute atomic E-state index is 13.7. The first-order chi connectivity index (χ1) is 9.49. The normalized spacial score (nSPS) is 12.2. The van der Waals surface area contributed by atoms with E-state index < -0.39 is 6.10 Å². The van der Waals surface area contributed by atoms with Gasteiger partial charge in [0.15, 0.2) is 0 Å². The SMILES string of the molecule is CC(O)c1ccc(Br)cc1N(C)Cc1ccccc1F. The number of aliphatic hydroxyl groups excluding tert-OH is 1. The molecule has 0 spiro atoms. The predicted octanol–water partition coefficient (Wildman–Crippen LogP) is 4.28. The summed E-state index contributed by atoms with van der Waals surface area (Å²) in [7, 11) is 1.89. The van der Waals surface area contributed by atoms with Crippen LogP contribution in [0.4, 0.5) is 10.1 Å². The van der Waals surface area contributed by atoms with E-state index in [0.717, 1.165) is 15.7 Å². The lowest BCUT2D eigenvalue weighted by atomic mass is 10.1. The van der Waals surface area contributed by atoms with E-state index in [-0.39, 0.29) is 5.82 Å². The molecule has 106 valence electrons. The van der Waals surface area contributed by atoms with E-state index in [1.807, 2.05) is 36.2 Å². The summed E-state index contributed by atoms with van der Waals surface area (Å²) >= 11 is 3.43. The van der Waals surface area contributed by atoms with Gasteiger partial charge in [0.2, 0.25) is 0 Å². The Labute approximate surface area is 127 Å². The molecule has 1 atom stereocenters. The molecule has 0 amide bonds. The molecule has 0 saturated carbocycles. The molecule has 0 aliphatic carbocycles. The van der Waals surface area contributed by atoms with Crippen LogP contribution < -0.4 is 4.90 Å². The number of anilines is 1. The molecule has 20 heavy (non-hydrogen) atoms. The highest BCUT2D eigenvalue weighted by molar-refractivity contribution is 9.10. The van der Waals surface area contributed by atoms with Crippen LogP contribution in [-0.4, -0.2) is 12.2 Å². The van der Waals surface area contributed by atoms with Crippen LogP contribution in [0.25, 0.3) is 0 Å². The minimum absolute atomic E-state index is 0.215. The fourth-order valence-electron chi connectivity index (χ4n) is 2.17. The van der Waals surface area contributed by atoms with E-state index in [2.05, 4.69) is 15.9 Å². The van der Waals surface area contributed by atoms with Crippen LogP contribution in [0.2, 0.25) is 0 Å². The number of nitrogens with zero attached hydrogens (tertiary/aromatic N) is 1. The number of aliphatic hydroxyl groups is 1. The van der Waals surface area contributed by atoms with Gasteiger partial charge in [-0.25, -0.2) is 4.39 Å². The average molecular weight is 338 g/mol. The summed E-state index contributed by atoms with van der Waals surface area (Å²) in [6, 6.07) is 12.4. The second kappa shape index (κ2) is 6.37. The molecule has 0 aromatic heterocycles. The maximum Gasteiger partial charge on any atom is 0.128 e. The van der Waals surface area contributed by atoms with Crippen LogP contribution >= 0.6 is 15.9 Å². The third-order valence-electron chi connectivity index (χ3n) is 3.22. The van der Waals surface area contributed by atoms with Gasteiger partial charge >= 0.3 is 0 Å². The van der Waals surface area contributed by atoms with E-state index in [1.165, 1.54) is 6.07 Å². The van der Waals surface area contributed by atoms with Crippen LogP contribution in [0.15, 0.2) is 46.9 Å². The molecule has 2 nitrogen and oxygen atoms in total. The smallest absolute Gasteiger partial charge is 0.128 e. The summed E-state index contributed by atoms with van der Waals surface area (Å²) in [6.45, 7) is 2.17. The zero-order chi connectivity index (χ0) is 14.7. The molecular weight excluding hydrogens is 321 g/mol. The molecule has 0 fully saturated rings. The van der Waals surface area contributed by atoms with Crippen molar-refractivity contribution < 1.29 is 9.50 Å². The molecule has 0 aliphatic rings. The standard InChI is InChI=1S/C16H17BrFNO/c1-11(20)14-8-7-13(17)9-16(14)19(2)10-12-5-3-4-6-15(12)18/h3-9,11,20H,10H2,1-2H3. The topological polar surface area (TPSA) is 23.5 Å². The number of halogens is 2. The Bertz CT molecular complexity index is 601. The Hall–Kier alpha value is -1.39. The average Bonchev–Trinajstić information content (AvgIpc) is 2.40. The number of rotatable bonds is 4. The van der Waals surface area contributed by atoms with Gasteiger partial charge in [0.1, 0.15) is 5.82 Å². The van der Waals surface area contributed by atoms with Gasteiger partial charge in [0.25, 0.3) is 0 Å². The van der Waals surface area contributed by atoms with E-state index in [0.29, 0.717) is 12.1 Å². The monoisotopic (exact) mass is 337 g/mol. The largest absolute Gasteiger partial charge is 0.389 e. The minimum atomic E-state index is -0.568. The van der Waals surface area contributed by atoms with Crippen molar-refractivity contribution in [3.05, 3.63) is 63.9 Å². The zero-order valence-electron chi connectivity index (χ0n) is 11.5. The molecule has 0 heterocycles. The lowest BCUT2D eigenvalue weighted by Crippen LogP contribution is -2.19.